The van der Waals surface area contributed by atoms with E-state index in [4.69, 9.17) is 26.4 Å². The fourth-order valence-corrected chi connectivity index (χ4v) is 3.98. The average Bonchev–Trinajstić information content (AvgIpc) is 3.08. The largest absolute Gasteiger partial charge is 0.469 e. The molecule has 1 aromatic rings. The predicted molar refractivity (Wildman–Crippen MR) is 99.7 cm³/mol. The minimum atomic E-state index is -0.0569. The Balaban J connectivity index is 1.66. The van der Waals surface area contributed by atoms with Gasteiger partial charge in [0, 0.05) is 24.7 Å². The lowest BCUT2D eigenvalue weighted by Crippen LogP contribution is -2.41. The lowest BCUT2D eigenvalue weighted by atomic mass is 9.93. The Morgan fingerprint density at radius 2 is 2.17 bits per heavy atom. The summed E-state index contributed by atoms with van der Waals surface area (Å²) in [5, 5.41) is 0. The Labute approximate surface area is 152 Å². The molecule has 0 fully saturated rings. The summed E-state index contributed by atoms with van der Waals surface area (Å²) in [7, 11) is 0. The zero-order valence-electron chi connectivity index (χ0n) is 13.7. The minimum absolute atomic E-state index is 0.0569. The fourth-order valence-electron chi connectivity index (χ4n) is 3.65. The Kier molecular flexibility index (Phi) is 4.70. The molecule has 4 rings (SSSR count). The molecular formula is C18H21NO3S2. The molecule has 0 radical (unpaired) electrons. The van der Waals surface area contributed by atoms with Crippen LogP contribution in [0.3, 0.4) is 0 Å². The van der Waals surface area contributed by atoms with Gasteiger partial charge in [-0.05, 0) is 55.4 Å². The summed E-state index contributed by atoms with van der Waals surface area (Å²) in [6.07, 6.45) is 10.2. The lowest BCUT2D eigenvalue weighted by molar-refractivity contribution is 0.0868. The molecule has 1 aliphatic carbocycles. The van der Waals surface area contributed by atoms with E-state index in [0.717, 1.165) is 24.6 Å². The molecule has 0 N–H and O–H groups in total. The first-order chi connectivity index (χ1) is 11.7. The van der Waals surface area contributed by atoms with Crippen molar-refractivity contribution >= 4 is 28.4 Å². The third kappa shape index (κ3) is 3.15. The fraction of sp³-hybridized carbons (Fsp3) is 0.500. The quantitative estimate of drug-likeness (QED) is 0.582. The third-order valence-corrected chi connectivity index (χ3v) is 5.88. The molecule has 1 aromatic carbocycles. The Bertz CT molecular complexity index is 676. The standard InChI is InChI=1S/C18H21NO3S2/c1-24-18(23)22-17-10-19(13-5-3-2-4-6-13)9-12-7-15-16(8-14(12)17)21-11-20-15/h3,5,7-8,13,17H,2,4,6,9-11H2,1H3/t13-,17-/m1/s1. The zero-order valence-corrected chi connectivity index (χ0v) is 15.3. The molecule has 0 bridgehead atoms. The van der Waals surface area contributed by atoms with Crippen molar-refractivity contribution in [1.29, 1.82) is 0 Å². The average molecular weight is 364 g/mol. The van der Waals surface area contributed by atoms with Gasteiger partial charge in [0.2, 0.25) is 11.2 Å². The zero-order chi connectivity index (χ0) is 16.5. The minimum Gasteiger partial charge on any atom is -0.469 e. The van der Waals surface area contributed by atoms with Crippen LogP contribution in [0, 0.1) is 0 Å². The summed E-state index contributed by atoms with van der Waals surface area (Å²) in [6, 6.07) is 4.65. The summed E-state index contributed by atoms with van der Waals surface area (Å²) in [5.74, 6) is 1.64. The van der Waals surface area contributed by atoms with Crippen molar-refractivity contribution in [3.63, 3.8) is 0 Å². The van der Waals surface area contributed by atoms with Crippen molar-refractivity contribution in [2.75, 3.05) is 19.6 Å². The summed E-state index contributed by atoms with van der Waals surface area (Å²) >= 11 is 6.79. The van der Waals surface area contributed by atoms with Crippen LogP contribution in [0.2, 0.25) is 0 Å². The van der Waals surface area contributed by atoms with Gasteiger partial charge in [-0.3, -0.25) is 4.90 Å². The van der Waals surface area contributed by atoms with Gasteiger partial charge in [-0.1, -0.05) is 23.9 Å². The molecule has 4 nitrogen and oxygen atoms in total. The van der Waals surface area contributed by atoms with Gasteiger partial charge in [-0.25, -0.2) is 0 Å². The number of ether oxygens (including phenoxy) is 3. The highest BCUT2D eigenvalue weighted by atomic mass is 32.2. The Hall–Kier alpha value is -1.24. The number of benzene rings is 1. The van der Waals surface area contributed by atoms with Crippen LogP contribution < -0.4 is 9.47 Å². The summed E-state index contributed by atoms with van der Waals surface area (Å²) in [6.45, 7) is 2.05. The van der Waals surface area contributed by atoms with Crippen LogP contribution in [0.1, 0.15) is 36.5 Å². The second kappa shape index (κ2) is 6.94. The molecule has 0 spiro atoms. The van der Waals surface area contributed by atoms with Crippen molar-refractivity contribution in [1.82, 2.24) is 4.90 Å². The van der Waals surface area contributed by atoms with Crippen LogP contribution in [-0.2, 0) is 11.3 Å². The molecule has 0 amide bonds. The van der Waals surface area contributed by atoms with Crippen molar-refractivity contribution in [3.05, 3.63) is 35.4 Å². The molecule has 2 aliphatic heterocycles. The summed E-state index contributed by atoms with van der Waals surface area (Å²) in [5.41, 5.74) is 2.42. The number of rotatable bonds is 2. The molecule has 0 saturated heterocycles. The van der Waals surface area contributed by atoms with E-state index >= 15 is 0 Å². The van der Waals surface area contributed by atoms with Crippen LogP contribution in [-0.4, -0.2) is 34.9 Å². The van der Waals surface area contributed by atoms with Crippen molar-refractivity contribution in [2.45, 2.75) is 38.0 Å². The number of nitrogens with zero attached hydrogens (tertiary/aromatic N) is 1. The summed E-state index contributed by atoms with van der Waals surface area (Å²) in [4.78, 5) is 2.49. The van der Waals surface area contributed by atoms with E-state index in [-0.39, 0.29) is 6.10 Å². The van der Waals surface area contributed by atoms with E-state index in [1.54, 1.807) is 0 Å². The smallest absolute Gasteiger partial charge is 0.231 e. The molecule has 0 unspecified atom stereocenters. The van der Waals surface area contributed by atoms with Crippen molar-refractivity contribution in [3.8, 4) is 11.5 Å². The van der Waals surface area contributed by atoms with Crippen LogP contribution in [0.25, 0.3) is 0 Å². The predicted octanol–water partition coefficient (Wildman–Crippen LogP) is 4.05. The highest BCUT2D eigenvalue weighted by molar-refractivity contribution is 8.22. The van der Waals surface area contributed by atoms with Gasteiger partial charge >= 0.3 is 0 Å². The van der Waals surface area contributed by atoms with Gasteiger partial charge < -0.3 is 14.2 Å². The summed E-state index contributed by atoms with van der Waals surface area (Å²) < 4.78 is 17.8. The van der Waals surface area contributed by atoms with E-state index < -0.39 is 0 Å². The molecule has 2 heterocycles. The Morgan fingerprint density at radius 3 is 2.92 bits per heavy atom. The van der Waals surface area contributed by atoms with E-state index in [1.165, 1.54) is 42.2 Å². The SMILES string of the molecule is CSC(=S)O[C@@H]1CN([C@@H]2C=CCCC2)Cc2cc3c(cc21)OCO3. The molecular weight excluding hydrogens is 342 g/mol. The van der Waals surface area contributed by atoms with E-state index in [9.17, 15) is 0 Å². The number of allylic oxidation sites excluding steroid dienone is 1. The van der Waals surface area contributed by atoms with Crippen LogP contribution >= 0.6 is 24.0 Å². The third-order valence-electron chi connectivity index (χ3n) is 4.86. The first kappa shape index (κ1) is 16.2. The molecule has 24 heavy (non-hydrogen) atoms. The number of hydrogen-bond donors (Lipinski definition) is 0. The normalized spacial score (nSPS) is 25.4. The van der Waals surface area contributed by atoms with E-state index in [2.05, 4.69) is 29.2 Å². The maximum Gasteiger partial charge on any atom is 0.231 e. The Morgan fingerprint density at radius 1 is 1.33 bits per heavy atom. The number of thioether (sulfide) groups is 1. The number of hydrogen-bond acceptors (Lipinski definition) is 6. The van der Waals surface area contributed by atoms with E-state index in [1.807, 2.05) is 6.26 Å². The van der Waals surface area contributed by atoms with Gasteiger partial charge in [0.15, 0.2) is 11.5 Å². The first-order valence-corrected chi connectivity index (χ1v) is 9.95. The van der Waals surface area contributed by atoms with Gasteiger partial charge in [0.05, 0.1) is 0 Å². The first-order valence-electron chi connectivity index (χ1n) is 8.32. The van der Waals surface area contributed by atoms with Gasteiger partial charge in [-0.15, -0.1) is 0 Å². The number of fused-ring (bicyclic) bond motifs is 2. The van der Waals surface area contributed by atoms with Crippen molar-refractivity contribution in [2.24, 2.45) is 0 Å². The molecule has 3 aliphatic rings. The maximum absolute atomic E-state index is 6.08. The molecule has 128 valence electrons. The molecule has 0 aromatic heterocycles. The topological polar surface area (TPSA) is 30.9 Å². The lowest BCUT2D eigenvalue weighted by Gasteiger charge is -2.39. The maximum atomic E-state index is 6.08. The number of thiocarbonyl (C=S) groups is 1. The monoisotopic (exact) mass is 363 g/mol. The van der Waals surface area contributed by atoms with Gasteiger partial charge in [-0.2, -0.15) is 0 Å². The van der Waals surface area contributed by atoms with Crippen LogP contribution in [0.5, 0.6) is 11.5 Å². The molecule has 6 heteroatoms. The van der Waals surface area contributed by atoms with Crippen molar-refractivity contribution < 1.29 is 14.2 Å². The second-order valence-corrected chi connectivity index (χ2v) is 7.73. The molecule has 0 saturated carbocycles. The highest BCUT2D eigenvalue weighted by Crippen LogP contribution is 2.41. The second-order valence-electron chi connectivity index (χ2n) is 6.32. The van der Waals surface area contributed by atoms with E-state index in [0.29, 0.717) is 17.2 Å². The molecule has 2 atom stereocenters. The van der Waals surface area contributed by atoms with Gasteiger partial charge in [0.1, 0.15) is 6.10 Å². The van der Waals surface area contributed by atoms with Gasteiger partial charge in [0.25, 0.3) is 0 Å². The van der Waals surface area contributed by atoms with Crippen LogP contribution in [0.4, 0.5) is 0 Å². The van der Waals surface area contributed by atoms with Crippen LogP contribution in [0.15, 0.2) is 24.3 Å². The highest BCUT2D eigenvalue weighted by Gasteiger charge is 2.33.